The Morgan fingerprint density at radius 3 is 2.43 bits per heavy atom. The van der Waals surface area contributed by atoms with Gasteiger partial charge in [0.25, 0.3) is 11.8 Å². The fourth-order valence-electron chi connectivity index (χ4n) is 1.47. The minimum absolute atomic E-state index is 0.00920. The first-order valence-electron chi connectivity index (χ1n) is 5.93. The summed E-state index contributed by atoms with van der Waals surface area (Å²) in [4.78, 5) is 22.5. The number of carbonyl (C=O) groups excluding carboxylic acids is 2. The van der Waals surface area contributed by atoms with Crippen LogP contribution < -0.4 is 16.0 Å². The molecule has 0 aliphatic rings. The summed E-state index contributed by atoms with van der Waals surface area (Å²) in [5.41, 5.74) is -1.03. The van der Waals surface area contributed by atoms with Gasteiger partial charge in [-0.1, -0.05) is 11.6 Å². The van der Waals surface area contributed by atoms with Crippen LogP contribution in [0.2, 0.25) is 5.02 Å². The van der Waals surface area contributed by atoms with E-state index in [1.54, 1.807) is 0 Å². The third-order valence-corrected chi connectivity index (χ3v) is 2.82. The highest BCUT2D eigenvalue weighted by atomic mass is 35.5. The second-order valence-electron chi connectivity index (χ2n) is 4.11. The molecule has 0 unspecified atom stereocenters. The molecule has 0 aliphatic heterocycles. The van der Waals surface area contributed by atoms with Crippen LogP contribution in [-0.2, 0) is 15.8 Å². The molecule has 1 rings (SSSR count). The van der Waals surface area contributed by atoms with Crippen molar-refractivity contribution in [2.24, 2.45) is 0 Å². The topological polar surface area (TPSA) is 74.8 Å². The lowest BCUT2D eigenvalue weighted by atomic mass is 10.2. The Morgan fingerprint density at radius 2 is 1.86 bits per heavy atom. The minimum atomic E-state index is -4.59. The van der Waals surface area contributed by atoms with E-state index in [9.17, 15) is 22.8 Å². The molecular weight excluding hydrogens is 311 g/mol. The number of anilines is 1. The summed E-state index contributed by atoms with van der Waals surface area (Å²) in [6.45, 7) is -0.0320. The van der Waals surface area contributed by atoms with Crippen molar-refractivity contribution in [3.8, 4) is 0 Å². The predicted octanol–water partition coefficient (Wildman–Crippen LogP) is 0.607. The number of hydrogen-bond acceptors (Lipinski definition) is 2. The molecule has 0 fully saturated rings. The molecule has 4 N–H and O–H groups in total. The van der Waals surface area contributed by atoms with Crippen LogP contribution in [0.3, 0.4) is 0 Å². The smallest absolute Gasteiger partial charge is 0.354 e. The number of nitrogens with two attached hydrogens (primary N) is 1. The first-order chi connectivity index (χ1) is 9.74. The molecule has 2 amide bonds. The predicted molar refractivity (Wildman–Crippen MR) is 70.8 cm³/mol. The molecule has 0 atom stereocenters. The zero-order valence-corrected chi connectivity index (χ0v) is 11.8. The Balaban J connectivity index is 2.63. The maximum absolute atomic E-state index is 12.6. The highest BCUT2D eigenvalue weighted by molar-refractivity contribution is 6.31. The number of halogens is 4. The second-order valence-corrected chi connectivity index (χ2v) is 4.52. The number of carbonyl (C=O) groups is 2. The van der Waals surface area contributed by atoms with Gasteiger partial charge in [0.15, 0.2) is 13.1 Å². The van der Waals surface area contributed by atoms with Crippen molar-refractivity contribution in [2.75, 3.05) is 25.5 Å². The van der Waals surface area contributed by atoms with Gasteiger partial charge in [0.05, 0.1) is 10.6 Å². The Morgan fingerprint density at radius 1 is 1.24 bits per heavy atom. The van der Waals surface area contributed by atoms with Crippen molar-refractivity contribution in [1.29, 1.82) is 0 Å². The van der Waals surface area contributed by atoms with Gasteiger partial charge in [0.2, 0.25) is 0 Å². The third-order valence-electron chi connectivity index (χ3n) is 2.49. The summed E-state index contributed by atoms with van der Waals surface area (Å²) < 4.78 is 37.9. The van der Waals surface area contributed by atoms with Gasteiger partial charge < -0.3 is 16.0 Å². The van der Waals surface area contributed by atoms with Crippen molar-refractivity contribution in [1.82, 2.24) is 5.32 Å². The first-order valence-corrected chi connectivity index (χ1v) is 6.30. The van der Waals surface area contributed by atoms with Crippen molar-refractivity contribution >= 4 is 29.1 Å². The number of likely N-dealkylation sites (N-methyl/N-ethyl adjacent to an activating group) is 1. The molecule has 0 heterocycles. The first kappa shape index (κ1) is 17.3. The van der Waals surface area contributed by atoms with Gasteiger partial charge in [-0.15, -0.1) is 0 Å². The lowest BCUT2D eigenvalue weighted by Gasteiger charge is -2.11. The van der Waals surface area contributed by atoms with E-state index in [4.69, 9.17) is 11.6 Å². The van der Waals surface area contributed by atoms with E-state index >= 15 is 0 Å². The van der Waals surface area contributed by atoms with E-state index < -0.39 is 22.7 Å². The van der Waals surface area contributed by atoms with Crippen molar-refractivity contribution in [3.63, 3.8) is 0 Å². The monoisotopic (exact) mass is 324 g/mol. The van der Waals surface area contributed by atoms with Crippen LogP contribution >= 0.6 is 11.6 Å². The van der Waals surface area contributed by atoms with E-state index in [1.165, 1.54) is 18.4 Å². The van der Waals surface area contributed by atoms with Gasteiger partial charge >= 0.3 is 6.18 Å². The average Bonchev–Trinajstić information content (AvgIpc) is 2.39. The van der Waals surface area contributed by atoms with Crippen LogP contribution in [0.15, 0.2) is 18.2 Å². The number of rotatable bonds is 5. The standard InChI is InChI=1S/C12H13ClF3N3O2/c1-17-10(20)5-18-6-11(21)19-7-2-3-9(13)8(4-7)12(14,15)16/h2-4,18H,5-6H2,1H3,(H,17,20)(H,19,21)/p+1. The van der Waals surface area contributed by atoms with E-state index in [0.29, 0.717) is 0 Å². The Bertz CT molecular complexity index is 535. The summed E-state index contributed by atoms with van der Waals surface area (Å²) >= 11 is 5.47. The zero-order valence-electron chi connectivity index (χ0n) is 11.1. The number of amides is 2. The third kappa shape index (κ3) is 5.60. The Hall–Kier alpha value is -1.80. The molecule has 0 bridgehead atoms. The number of hydrogen-bond donors (Lipinski definition) is 3. The molecule has 116 valence electrons. The fraction of sp³-hybridized carbons (Fsp3) is 0.333. The van der Waals surface area contributed by atoms with Gasteiger partial charge in [-0.2, -0.15) is 13.2 Å². The normalized spacial score (nSPS) is 11.1. The van der Waals surface area contributed by atoms with E-state index in [1.807, 2.05) is 0 Å². The van der Waals surface area contributed by atoms with Crippen LogP contribution in [0.1, 0.15) is 5.56 Å². The van der Waals surface area contributed by atoms with Gasteiger partial charge in [0, 0.05) is 12.7 Å². The summed E-state index contributed by atoms with van der Waals surface area (Å²) in [5, 5.41) is 5.68. The molecule has 1 aromatic rings. The zero-order chi connectivity index (χ0) is 16.0. The molecule has 0 aromatic heterocycles. The Kier molecular flexibility index (Phi) is 5.98. The van der Waals surface area contributed by atoms with Crippen molar-refractivity contribution in [3.05, 3.63) is 28.8 Å². The average molecular weight is 325 g/mol. The maximum Gasteiger partial charge on any atom is 0.417 e. The molecular formula is C12H14ClF3N3O2+. The van der Waals surface area contributed by atoms with Crippen molar-refractivity contribution < 1.29 is 28.1 Å². The van der Waals surface area contributed by atoms with Crippen LogP contribution in [0.25, 0.3) is 0 Å². The number of alkyl halides is 3. The maximum atomic E-state index is 12.6. The minimum Gasteiger partial charge on any atom is -0.354 e. The number of quaternary nitrogens is 1. The second kappa shape index (κ2) is 7.28. The van der Waals surface area contributed by atoms with E-state index in [0.717, 1.165) is 12.1 Å². The van der Waals surface area contributed by atoms with Crippen LogP contribution in [0.4, 0.5) is 18.9 Å². The van der Waals surface area contributed by atoms with Gasteiger partial charge in [-0.05, 0) is 18.2 Å². The lowest BCUT2D eigenvalue weighted by molar-refractivity contribution is -0.632. The fourth-order valence-corrected chi connectivity index (χ4v) is 1.69. The number of benzene rings is 1. The van der Waals surface area contributed by atoms with E-state index in [2.05, 4.69) is 10.6 Å². The quantitative estimate of drug-likeness (QED) is 0.742. The SMILES string of the molecule is CNC(=O)C[NH2+]CC(=O)Nc1ccc(Cl)c(C(F)(F)F)c1. The molecule has 0 spiro atoms. The molecule has 0 saturated carbocycles. The highest BCUT2D eigenvalue weighted by Crippen LogP contribution is 2.36. The highest BCUT2D eigenvalue weighted by Gasteiger charge is 2.33. The molecule has 0 radical (unpaired) electrons. The van der Waals surface area contributed by atoms with Crippen LogP contribution in [-0.4, -0.2) is 32.0 Å². The molecule has 1 aromatic carbocycles. The molecule has 0 aliphatic carbocycles. The van der Waals surface area contributed by atoms with Gasteiger partial charge in [-0.3, -0.25) is 9.59 Å². The van der Waals surface area contributed by atoms with Crippen LogP contribution in [0, 0.1) is 0 Å². The summed E-state index contributed by atoms with van der Waals surface area (Å²) in [5.74, 6) is -0.775. The van der Waals surface area contributed by atoms with Gasteiger partial charge in [-0.25, -0.2) is 0 Å². The number of nitrogens with one attached hydrogen (secondary N) is 2. The van der Waals surface area contributed by atoms with E-state index in [-0.39, 0.29) is 24.7 Å². The largest absolute Gasteiger partial charge is 0.417 e. The van der Waals surface area contributed by atoms with Crippen LogP contribution in [0.5, 0.6) is 0 Å². The molecule has 9 heteroatoms. The Labute approximate surface area is 123 Å². The summed E-state index contributed by atoms with van der Waals surface area (Å²) in [6.07, 6.45) is -4.59. The lowest BCUT2D eigenvalue weighted by Crippen LogP contribution is -2.88. The molecule has 0 saturated heterocycles. The van der Waals surface area contributed by atoms with Crippen molar-refractivity contribution in [2.45, 2.75) is 6.18 Å². The van der Waals surface area contributed by atoms with Gasteiger partial charge in [0.1, 0.15) is 0 Å². The summed E-state index contributed by atoms with van der Waals surface area (Å²) in [6, 6.07) is 3.10. The molecule has 5 nitrogen and oxygen atoms in total. The molecule has 21 heavy (non-hydrogen) atoms. The summed E-state index contributed by atoms with van der Waals surface area (Å²) in [7, 11) is 1.46.